The second-order valence-corrected chi connectivity index (χ2v) is 8.18. The van der Waals surface area contributed by atoms with Crippen LogP contribution >= 0.6 is 11.3 Å². The van der Waals surface area contributed by atoms with E-state index < -0.39 is 0 Å². The fraction of sp³-hybridized carbons (Fsp3) is 0.160. The van der Waals surface area contributed by atoms with Crippen LogP contribution in [-0.4, -0.2) is 16.0 Å². The highest BCUT2D eigenvalue weighted by molar-refractivity contribution is 7.22. The van der Waals surface area contributed by atoms with Crippen molar-refractivity contribution in [3.8, 4) is 21.9 Å². The van der Waals surface area contributed by atoms with E-state index in [2.05, 4.69) is 6.92 Å². The molecule has 0 saturated carbocycles. The molecule has 0 aliphatic carbocycles. The van der Waals surface area contributed by atoms with Gasteiger partial charge in [0.15, 0.2) is 5.78 Å². The third kappa shape index (κ3) is 3.76. The lowest BCUT2D eigenvalue weighted by molar-refractivity contribution is 0.104. The van der Waals surface area contributed by atoms with Crippen LogP contribution in [0.2, 0.25) is 0 Å². The zero-order chi connectivity index (χ0) is 20.4. The number of aryl methyl sites for hydroxylation is 1. The van der Waals surface area contributed by atoms with E-state index in [4.69, 9.17) is 0 Å². The van der Waals surface area contributed by atoms with E-state index in [0.717, 1.165) is 45.4 Å². The Labute approximate surface area is 173 Å². The first-order valence-corrected chi connectivity index (χ1v) is 10.6. The van der Waals surface area contributed by atoms with Gasteiger partial charge in [0, 0.05) is 26.1 Å². The Hall–Kier alpha value is -3.11. The van der Waals surface area contributed by atoms with Crippen LogP contribution in [0.1, 0.15) is 41.3 Å². The second kappa shape index (κ2) is 8.10. The Morgan fingerprint density at radius 3 is 2.48 bits per heavy atom. The fourth-order valence-electron chi connectivity index (χ4n) is 3.53. The third-order valence-corrected chi connectivity index (χ3v) is 6.31. The van der Waals surface area contributed by atoms with Gasteiger partial charge in [0.05, 0.1) is 0 Å². The minimum atomic E-state index is -0.0525. The van der Waals surface area contributed by atoms with Crippen LogP contribution in [0.15, 0.2) is 66.7 Å². The number of ketones is 1. The summed E-state index contributed by atoms with van der Waals surface area (Å²) in [6.07, 6.45) is 2.74. The van der Waals surface area contributed by atoms with E-state index in [9.17, 15) is 15.0 Å². The van der Waals surface area contributed by atoms with Crippen molar-refractivity contribution in [2.45, 2.75) is 26.2 Å². The van der Waals surface area contributed by atoms with Crippen molar-refractivity contribution < 1.29 is 15.0 Å². The van der Waals surface area contributed by atoms with E-state index in [1.54, 1.807) is 35.6 Å². The number of phenols is 2. The molecule has 29 heavy (non-hydrogen) atoms. The maximum absolute atomic E-state index is 13.6. The van der Waals surface area contributed by atoms with Crippen LogP contribution in [-0.2, 0) is 6.42 Å². The average Bonchev–Trinajstić information content (AvgIpc) is 3.12. The molecule has 4 heteroatoms. The molecular weight excluding hydrogens is 380 g/mol. The lowest BCUT2D eigenvalue weighted by atomic mass is 9.95. The molecular formula is C25H22O3S. The fourth-order valence-corrected chi connectivity index (χ4v) is 4.73. The van der Waals surface area contributed by atoms with Crippen LogP contribution in [0.4, 0.5) is 0 Å². The van der Waals surface area contributed by atoms with Crippen molar-refractivity contribution in [3.05, 3.63) is 83.4 Å². The third-order valence-electron chi connectivity index (χ3n) is 5.09. The molecule has 1 aromatic heterocycles. The van der Waals surface area contributed by atoms with Crippen LogP contribution in [0.5, 0.6) is 11.5 Å². The monoisotopic (exact) mass is 402 g/mol. The smallest absolute Gasteiger partial charge is 0.195 e. The van der Waals surface area contributed by atoms with Crippen molar-refractivity contribution in [1.29, 1.82) is 0 Å². The summed E-state index contributed by atoms with van der Waals surface area (Å²) in [4.78, 5) is 14.5. The maximum Gasteiger partial charge on any atom is 0.195 e. The largest absolute Gasteiger partial charge is 0.508 e. The molecule has 0 saturated heterocycles. The number of phenolic OH excluding ortho intramolecular Hbond substituents is 2. The lowest BCUT2D eigenvalue weighted by Crippen LogP contribution is -2.03. The summed E-state index contributed by atoms with van der Waals surface area (Å²) >= 11 is 1.58. The van der Waals surface area contributed by atoms with Crippen molar-refractivity contribution in [3.63, 3.8) is 0 Å². The lowest BCUT2D eigenvalue weighted by Gasteiger charge is -2.09. The number of hydrogen-bond donors (Lipinski definition) is 2. The van der Waals surface area contributed by atoms with Crippen molar-refractivity contribution in [2.24, 2.45) is 0 Å². The van der Waals surface area contributed by atoms with Gasteiger partial charge in [-0.05, 0) is 72.5 Å². The number of thiophene rings is 1. The standard InChI is InChI=1S/C25H22O3S/c1-2-3-6-17-15-18(11-14-21(17)27)24(28)23-20-7-4-5-8-22(20)29-25(23)16-9-12-19(26)13-10-16/h4-5,7-15,26-27H,2-3,6H2,1H3. The van der Waals surface area contributed by atoms with E-state index in [0.29, 0.717) is 11.1 Å². The minimum Gasteiger partial charge on any atom is -0.508 e. The van der Waals surface area contributed by atoms with Gasteiger partial charge in [-0.25, -0.2) is 0 Å². The van der Waals surface area contributed by atoms with Gasteiger partial charge >= 0.3 is 0 Å². The van der Waals surface area contributed by atoms with Crippen LogP contribution in [0, 0.1) is 0 Å². The number of rotatable bonds is 6. The summed E-state index contributed by atoms with van der Waals surface area (Å²) in [5.41, 5.74) is 2.96. The highest BCUT2D eigenvalue weighted by atomic mass is 32.1. The van der Waals surface area contributed by atoms with Crippen LogP contribution < -0.4 is 0 Å². The second-order valence-electron chi connectivity index (χ2n) is 7.13. The minimum absolute atomic E-state index is 0.0525. The van der Waals surface area contributed by atoms with Gasteiger partial charge in [0.25, 0.3) is 0 Å². The number of fused-ring (bicyclic) bond motifs is 1. The Morgan fingerprint density at radius 2 is 1.72 bits per heavy atom. The molecule has 0 amide bonds. The number of aromatic hydroxyl groups is 2. The molecule has 4 rings (SSSR count). The Kier molecular flexibility index (Phi) is 5.36. The van der Waals surface area contributed by atoms with Crippen molar-refractivity contribution >= 4 is 27.2 Å². The predicted molar refractivity (Wildman–Crippen MR) is 119 cm³/mol. The van der Waals surface area contributed by atoms with Gasteiger partial charge in [0.2, 0.25) is 0 Å². The summed E-state index contributed by atoms with van der Waals surface area (Å²) < 4.78 is 1.05. The molecule has 0 radical (unpaired) electrons. The molecule has 3 aromatic carbocycles. The number of unbranched alkanes of at least 4 members (excludes halogenated alkanes) is 1. The topological polar surface area (TPSA) is 57.5 Å². The highest BCUT2D eigenvalue weighted by Gasteiger charge is 2.22. The molecule has 0 atom stereocenters. The summed E-state index contributed by atoms with van der Waals surface area (Å²) in [7, 11) is 0. The molecule has 2 N–H and O–H groups in total. The van der Waals surface area contributed by atoms with E-state index in [1.165, 1.54) is 0 Å². The quantitative estimate of drug-likeness (QED) is 0.359. The molecule has 1 heterocycles. The van der Waals surface area contributed by atoms with E-state index >= 15 is 0 Å². The molecule has 3 nitrogen and oxygen atoms in total. The Morgan fingerprint density at radius 1 is 0.966 bits per heavy atom. The van der Waals surface area contributed by atoms with E-state index in [1.807, 2.05) is 42.5 Å². The van der Waals surface area contributed by atoms with Crippen LogP contribution in [0.25, 0.3) is 20.5 Å². The van der Waals surface area contributed by atoms with Gasteiger partial charge in [0.1, 0.15) is 11.5 Å². The first-order valence-electron chi connectivity index (χ1n) is 9.76. The molecule has 0 aliphatic rings. The summed E-state index contributed by atoms with van der Waals surface area (Å²) in [5.74, 6) is 0.383. The molecule has 0 unspecified atom stereocenters. The molecule has 4 aromatic rings. The SMILES string of the molecule is CCCCc1cc(C(=O)c2c(-c3ccc(O)cc3)sc3ccccc23)ccc1O. The van der Waals surface area contributed by atoms with E-state index in [-0.39, 0.29) is 17.3 Å². The van der Waals surface area contributed by atoms with Gasteiger partial charge in [-0.1, -0.05) is 31.5 Å². The molecule has 0 bridgehead atoms. The predicted octanol–water partition coefficient (Wildman–Crippen LogP) is 6.55. The van der Waals surface area contributed by atoms with Gasteiger partial charge in [-0.2, -0.15) is 0 Å². The van der Waals surface area contributed by atoms with Crippen molar-refractivity contribution in [1.82, 2.24) is 0 Å². The first-order chi connectivity index (χ1) is 14.1. The molecule has 146 valence electrons. The van der Waals surface area contributed by atoms with Crippen molar-refractivity contribution in [2.75, 3.05) is 0 Å². The Balaban J connectivity index is 1.86. The summed E-state index contributed by atoms with van der Waals surface area (Å²) in [5, 5.41) is 20.7. The number of hydrogen-bond acceptors (Lipinski definition) is 4. The van der Waals surface area contributed by atoms with Gasteiger partial charge in [-0.15, -0.1) is 11.3 Å². The van der Waals surface area contributed by atoms with Gasteiger partial charge < -0.3 is 10.2 Å². The molecule has 0 spiro atoms. The molecule has 0 aliphatic heterocycles. The normalized spacial score (nSPS) is 11.1. The molecule has 0 fully saturated rings. The zero-order valence-corrected chi connectivity index (χ0v) is 17.0. The average molecular weight is 403 g/mol. The Bertz CT molecular complexity index is 1170. The summed E-state index contributed by atoms with van der Waals surface area (Å²) in [6.45, 7) is 2.10. The zero-order valence-electron chi connectivity index (χ0n) is 16.2. The van der Waals surface area contributed by atoms with Gasteiger partial charge in [-0.3, -0.25) is 4.79 Å². The summed E-state index contributed by atoms with van der Waals surface area (Å²) in [6, 6.07) is 20.0. The number of carbonyl (C=O) groups excluding carboxylic acids is 1. The number of carbonyl (C=O) groups is 1. The number of benzene rings is 3. The first kappa shape index (κ1) is 19.2. The highest BCUT2D eigenvalue weighted by Crippen LogP contribution is 2.40. The maximum atomic E-state index is 13.6. The van der Waals surface area contributed by atoms with Crippen LogP contribution in [0.3, 0.4) is 0 Å².